The first-order valence-corrected chi connectivity index (χ1v) is 11.5. The Morgan fingerprint density at radius 3 is 2.64 bits per heavy atom. The number of carboxylic acids is 1. The number of pyridine rings is 1. The van der Waals surface area contributed by atoms with Crippen LogP contribution in [0.4, 0.5) is 5.82 Å². The summed E-state index contributed by atoms with van der Waals surface area (Å²) < 4.78 is 1.96. The SMILES string of the molecule is CC(C)n1cnnc1-c1cccc(N2Cc3ccc([C@H]4CC[C@@H](C(=O)O)CC4)cc3C2=O)n1. The van der Waals surface area contributed by atoms with Crippen LogP contribution in [-0.4, -0.2) is 36.7 Å². The van der Waals surface area contributed by atoms with Gasteiger partial charge in [0.25, 0.3) is 5.91 Å². The number of amides is 1. The first-order chi connectivity index (χ1) is 15.9. The molecule has 3 aromatic rings. The van der Waals surface area contributed by atoms with E-state index in [1.165, 1.54) is 0 Å². The van der Waals surface area contributed by atoms with Crippen LogP contribution in [-0.2, 0) is 11.3 Å². The molecule has 0 saturated heterocycles. The van der Waals surface area contributed by atoms with Crippen molar-refractivity contribution in [2.45, 2.75) is 58.0 Å². The van der Waals surface area contributed by atoms with Gasteiger partial charge in [0.2, 0.25) is 0 Å². The minimum atomic E-state index is -0.699. The van der Waals surface area contributed by atoms with E-state index in [1.807, 2.05) is 34.9 Å². The second-order valence-corrected chi connectivity index (χ2v) is 9.23. The van der Waals surface area contributed by atoms with Crippen LogP contribution < -0.4 is 4.90 Å². The number of rotatable bonds is 5. The van der Waals surface area contributed by atoms with E-state index < -0.39 is 5.97 Å². The molecule has 3 heterocycles. The molecule has 1 fully saturated rings. The number of nitrogens with zero attached hydrogens (tertiary/aromatic N) is 5. The highest BCUT2D eigenvalue weighted by Crippen LogP contribution is 2.38. The molecule has 1 N–H and O–H groups in total. The topological polar surface area (TPSA) is 101 Å². The number of hydrogen-bond acceptors (Lipinski definition) is 5. The Morgan fingerprint density at radius 2 is 1.91 bits per heavy atom. The maximum Gasteiger partial charge on any atom is 0.306 e. The molecular formula is C25H27N5O3. The minimum Gasteiger partial charge on any atom is -0.481 e. The maximum absolute atomic E-state index is 13.3. The van der Waals surface area contributed by atoms with Gasteiger partial charge in [-0.05, 0) is 74.8 Å². The molecule has 1 aliphatic carbocycles. The Kier molecular flexibility index (Phi) is 5.44. The Labute approximate surface area is 192 Å². The van der Waals surface area contributed by atoms with Gasteiger partial charge in [-0.25, -0.2) is 4.98 Å². The van der Waals surface area contributed by atoms with Crippen LogP contribution in [0.2, 0.25) is 0 Å². The van der Waals surface area contributed by atoms with E-state index in [0.29, 0.717) is 48.2 Å². The fraction of sp³-hybridized carbons (Fsp3) is 0.400. The molecule has 0 atom stereocenters. The molecule has 8 nitrogen and oxygen atoms in total. The zero-order chi connectivity index (χ0) is 23.1. The summed E-state index contributed by atoms with van der Waals surface area (Å²) in [5.74, 6) is 0.575. The number of anilines is 1. The van der Waals surface area contributed by atoms with Crippen molar-refractivity contribution in [3.05, 3.63) is 59.4 Å². The van der Waals surface area contributed by atoms with E-state index in [9.17, 15) is 14.7 Å². The van der Waals surface area contributed by atoms with Crippen LogP contribution in [0.25, 0.3) is 11.5 Å². The minimum absolute atomic E-state index is 0.0546. The number of benzene rings is 1. The van der Waals surface area contributed by atoms with Gasteiger partial charge in [0.05, 0.1) is 12.5 Å². The molecule has 33 heavy (non-hydrogen) atoms. The highest BCUT2D eigenvalue weighted by atomic mass is 16.4. The summed E-state index contributed by atoms with van der Waals surface area (Å²) in [5, 5.41) is 17.5. The molecule has 0 spiro atoms. The summed E-state index contributed by atoms with van der Waals surface area (Å²) in [6.45, 7) is 4.60. The maximum atomic E-state index is 13.3. The van der Waals surface area contributed by atoms with Gasteiger partial charge < -0.3 is 9.67 Å². The number of hydrogen-bond donors (Lipinski definition) is 1. The van der Waals surface area contributed by atoms with E-state index in [1.54, 1.807) is 11.2 Å². The number of carbonyl (C=O) groups is 2. The summed E-state index contributed by atoms with van der Waals surface area (Å²) in [6, 6.07) is 11.9. The lowest BCUT2D eigenvalue weighted by Crippen LogP contribution is -2.24. The van der Waals surface area contributed by atoms with Gasteiger partial charge in [0, 0.05) is 11.6 Å². The van der Waals surface area contributed by atoms with Crippen LogP contribution in [0, 0.1) is 5.92 Å². The van der Waals surface area contributed by atoms with Crippen LogP contribution in [0.15, 0.2) is 42.7 Å². The van der Waals surface area contributed by atoms with Gasteiger partial charge in [0.15, 0.2) is 5.82 Å². The third-order valence-corrected chi connectivity index (χ3v) is 6.86. The van der Waals surface area contributed by atoms with Crippen molar-refractivity contribution >= 4 is 17.7 Å². The number of carboxylic acid groups (broad SMARTS) is 1. The lowest BCUT2D eigenvalue weighted by Gasteiger charge is -2.26. The van der Waals surface area contributed by atoms with Gasteiger partial charge in [-0.1, -0.05) is 18.2 Å². The van der Waals surface area contributed by atoms with E-state index in [2.05, 4.69) is 30.1 Å². The third kappa shape index (κ3) is 3.90. The van der Waals surface area contributed by atoms with Gasteiger partial charge in [-0.3, -0.25) is 14.5 Å². The number of aliphatic carboxylic acids is 1. The molecule has 8 heteroatoms. The summed E-state index contributed by atoms with van der Waals surface area (Å²) in [7, 11) is 0. The third-order valence-electron chi connectivity index (χ3n) is 6.86. The van der Waals surface area contributed by atoms with Gasteiger partial charge in [-0.15, -0.1) is 10.2 Å². The van der Waals surface area contributed by atoms with Crippen molar-refractivity contribution in [1.82, 2.24) is 19.7 Å². The molecule has 1 saturated carbocycles. The van der Waals surface area contributed by atoms with Gasteiger partial charge in [-0.2, -0.15) is 0 Å². The highest BCUT2D eigenvalue weighted by Gasteiger charge is 2.32. The molecule has 1 amide bonds. The fourth-order valence-corrected chi connectivity index (χ4v) is 4.93. The smallest absolute Gasteiger partial charge is 0.306 e. The summed E-state index contributed by atoms with van der Waals surface area (Å²) in [5.41, 5.74) is 3.50. The first-order valence-electron chi connectivity index (χ1n) is 11.5. The molecule has 5 rings (SSSR count). The van der Waals surface area contributed by atoms with Crippen LogP contribution >= 0.6 is 0 Å². The molecule has 2 aromatic heterocycles. The molecule has 170 valence electrons. The molecule has 0 unspecified atom stereocenters. The van der Waals surface area contributed by atoms with E-state index >= 15 is 0 Å². The van der Waals surface area contributed by atoms with Crippen molar-refractivity contribution in [3.63, 3.8) is 0 Å². The zero-order valence-electron chi connectivity index (χ0n) is 18.8. The van der Waals surface area contributed by atoms with E-state index in [-0.39, 0.29) is 17.9 Å². The summed E-state index contributed by atoms with van der Waals surface area (Å²) >= 11 is 0. The first kappa shape index (κ1) is 21.3. The average molecular weight is 446 g/mol. The van der Waals surface area contributed by atoms with Gasteiger partial charge >= 0.3 is 5.97 Å². The Hall–Kier alpha value is -3.55. The van der Waals surface area contributed by atoms with E-state index in [0.717, 1.165) is 24.0 Å². The predicted octanol–water partition coefficient (Wildman–Crippen LogP) is 4.44. The predicted molar refractivity (Wildman–Crippen MR) is 123 cm³/mol. The Bertz CT molecular complexity index is 1210. The second kappa shape index (κ2) is 8.42. The van der Waals surface area contributed by atoms with E-state index in [4.69, 9.17) is 4.98 Å². The lowest BCUT2D eigenvalue weighted by atomic mass is 9.78. The molecule has 1 aromatic carbocycles. The Morgan fingerprint density at radius 1 is 1.12 bits per heavy atom. The second-order valence-electron chi connectivity index (χ2n) is 9.23. The number of fused-ring (bicyclic) bond motifs is 1. The zero-order valence-corrected chi connectivity index (χ0v) is 18.8. The molecule has 1 aliphatic heterocycles. The summed E-state index contributed by atoms with van der Waals surface area (Å²) in [4.78, 5) is 31.0. The number of carbonyl (C=O) groups excluding carboxylic acids is 1. The molecule has 2 aliphatic rings. The quantitative estimate of drug-likeness (QED) is 0.623. The normalized spacial score (nSPS) is 20.3. The molecular weight excluding hydrogens is 418 g/mol. The molecule has 0 bridgehead atoms. The van der Waals surface area contributed by atoms with Crippen LogP contribution in [0.3, 0.4) is 0 Å². The van der Waals surface area contributed by atoms with Crippen molar-refractivity contribution in [2.75, 3.05) is 4.90 Å². The summed E-state index contributed by atoms with van der Waals surface area (Å²) in [6.07, 6.45) is 4.75. The molecule has 0 radical (unpaired) electrons. The number of aromatic nitrogens is 4. The van der Waals surface area contributed by atoms with Crippen molar-refractivity contribution in [3.8, 4) is 11.5 Å². The highest BCUT2D eigenvalue weighted by molar-refractivity contribution is 6.09. The fourth-order valence-electron chi connectivity index (χ4n) is 4.93. The largest absolute Gasteiger partial charge is 0.481 e. The standard InChI is InChI=1S/C25H27N5O3/c1-15(2)30-14-26-28-23(30)21-4-3-5-22(27-21)29-13-19-11-10-18(12-20(19)24(29)31)16-6-8-17(9-7-16)25(32)33/h3-5,10-12,14-17H,6-9,13H2,1-2H3,(H,32,33)/t16-,17+. The van der Waals surface area contributed by atoms with Crippen LogP contribution in [0.1, 0.15) is 73.0 Å². The lowest BCUT2D eigenvalue weighted by molar-refractivity contribution is -0.142. The van der Waals surface area contributed by atoms with Crippen molar-refractivity contribution < 1.29 is 14.7 Å². The van der Waals surface area contributed by atoms with Crippen molar-refractivity contribution in [1.29, 1.82) is 0 Å². The monoisotopic (exact) mass is 445 g/mol. The van der Waals surface area contributed by atoms with Gasteiger partial charge in [0.1, 0.15) is 17.8 Å². The Balaban J connectivity index is 1.38. The van der Waals surface area contributed by atoms with Crippen molar-refractivity contribution in [2.24, 2.45) is 5.92 Å². The average Bonchev–Trinajstić information content (AvgIpc) is 3.44. The van der Waals surface area contributed by atoms with Crippen LogP contribution in [0.5, 0.6) is 0 Å².